The van der Waals surface area contributed by atoms with E-state index in [9.17, 15) is 0 Å². The molecule has 9 aromatic carbocycles. The molecule has 6 unspecified atom stereocenters. The molecule has 4 aliphatic rings. The molecule has 66 heavy (non-hydrogen) atoms. The Kier molecular flexibility index (Phi) is 8.85. The molecule has 2 saturated carbocycles. The average molecular weight is 853 g/mol. The minimum absolute atomic E-state index is 0.0481. The monoisotopic (exact) mass is 852 g/mol. The lowest BCUT2D eigenvalue weighted by molar-refractivity contribution is 0.355. The van der Waals surface area contributed by atoms with E-state index in [-0.39, 0.29) is 11.1 Å². The molecule has 2 fully saturated rings. The summed E-state index contributed by atoms with van der Waals surface area (Å²) in [5, 5.41) is 5.14. The lowest BCUT2D eigenvalue weighted by atomic mass is 9.81. The van der Waals surface area contributed by atoms with Gasteiger partial charge in [0.05, 0.1) is 11.1 Å². The topological polar surface area (TPSA) is 6.48 Å². The van der Waals surface area contributed by atoms with Crippen molar-refractivity contribution in [1.82, 2.24) is 0 Å². The van der Waals surface area contributed by atoms with Gasteiger partial charge in [0.25, 0.3) is 0 Å². The Morgan fingerprint density at radius 3 is 1.09 bits per heavy atom. The molecule has 2 nitrogen and oxygen atoms in total. The molecule has 0 aromatic heterocycles. The van der Waals surface area contributed by atoms with Crippen LogP contribution in [0.4, 0.5) is 22.7 Å². The first-order valence-electron chi connectivity index (χ1n) is 24.5. The Labute approximate surface area is 390 Å². The summed E-state index contributed by atoms with van der Waals surface area (Å²) < 4.78 is 0. The summed E-state index contributed by atoms with van der Waals surface area (Å²) in [5.41, 5.74) is 18.6. The fraction of sp³-hybridized carbons (Fsp3) is 0.219. The zero-order valence-electron chi connectivity index (χ0n) is 38.5. The highest BCUT2D eigenvalue weighted by Gasteiger charge is 2.56. The molecule has 0 bridgehead atoms. The van der Waals surface area contributed by atoms with Crippen LogP contribution in [0.1, 0.15) is 76.3 Å². The average Bonchev–Trinajstić information content (AvgIpc) is 4.01. The van der Waals surface area contributed by atoms with Crippen LogP contribution in [0.25, 0.3) is 66.1 Å². The van der Waals surface area contributed by atoms with E-state index in [4.69, 9.17) is 0 Å². The highest BCUT2D eigenvalue weighted by Crippen LogP contribution is 2.63. The predicted octanol–water partition coefficient (Wildman–Crippen LogP) is 17.5. The molecular weight excluding hydrogens is 797 g/mol. The minimum Gasteiger partial charge on any atom is -0.334 e. The summed E-state index contributed by atoms with van der Waals surface area (Å²) in [5.74, 6) is 2.17. The number of nitrogens with zero attached hydrogens (tertiary/aromatic N) is 2. The summed E-state index contributed by atoms with van der Waals surface area (Å²) in [6.45, 7) is 9.96. The van der Waals surface area contributed by atoms with Gasteiger partial charge in [-0.1, -0.05) is 147 Å². The molecule has 2 aliphatic heterocycles. The van der Waals surface area contributed by atoms with Gasteiger partial charge in [-0.15, -0.1) is 0 Å². The quantitative estimate of drug-likeness (QED) is 0.154. The van der Waals surface area contributed by atoms with Gasteiger partial charge in [-0.2, -0.15) is 0 Å². The molecule has 0 spiro atoms. The summed E-state index contributed by atoms with van der Waals surface area (Å²) in [6, 6.07) is 73.7. The fourth-order valence-electron chi connectivity index (χ4n) is 13.7. The minimum atomic E-state index is 0.0481. The number of rotatable bonds is 6. The third kappa shape index (κ3) is 5.60. The van der Waals surface area contributed by atoms with Crippen LogP contribution < -0.4 is 9.80 Å². The largest absolute Gasteiger partial charge is 0.334 e. The van der Waals surface area contributed by atoms with Crippen LogP contribution in [0.3, 0.4) is 0 Å². The van der Waals surface area contributed by atoms with Gasteiger partial charge >= 0.3 is 0 Å². The van der Waals surface area contributed by atoms with Crippen molar-refractivity contribution in [2.24, 2.45) is 11.8 Å². The Morgan fingerprint density at radius 2 is 0.697 bits per heavy atom. The molecular formula is C64H56N2. The Bertz CT molecular complexity index is 3120. The molecule has 0 amide bonds. The second-order valence-corrected chi connectivity index (χ2v) is 20.4. The van der Waals surface area contributed by atoms with E-state index in [0.29, 0.717) is 23.7 Å². The lowest BCUT2D eigenvalue weighted by Gasteiger charge is -2.41. The van der Waals surface area contributed by atoms with E-state index in [2.05, 4.69) is 232 Å². The Hall–Kier alpha value is -6.90. The zero-order chi connectivity index (χ0) is 44.3. The number of anilines is 4. The molecule has 2 heteroatoms. The molecule has 2 heterocycles. The molecule has 2 aliphatic carbocycles. The second kappa shape index (κ2) is 14.8. The SMILES string of the molecule is CC1CCC2c3cc(-c4ccc5c(-c6ccccc6)c6cc(-c7ccc8c(c7)C7CCC(C)C7(C)N8c7ccccc7)ccc6c(-c6ccccc6)c5c4)ccc3N(c3ccccc3)C12C. The third-order valence-electron chi connectivity index (χ3n) is 17.4. The van der Waals surface area contributed by atoms with Gasteiger partial charge in [-0.05, 0) is 189 Å². The van der Waals surface area contributed by atoms with Gasteiger partial charge in [-0.25, -0.2) is 0 Å². The van der Waals surface area contributed by atoms with E-state index in [0.717, 1.165) is 0 Å². The van der Waals surface area contributed by atoms with Gasteiger partial charge < -0.3 is 9.80 Å². The number of hydrogen-bond donors (Lipinski definition) is 0. The normalized spacial score (nSPS) is 23.9. The van der Waals surface area contributed by atoms with E-state index in [1.54, 1.807) is 0 Å². The van der Waals surface area contributed by atoms with Gasteiger partial charge in [0.2, 0.25) is 0 Å². The molecule has 9 aromatic rings. The van der Waals surface area contributed by atoms with Crippen molar-refractivity contribution in [1.29, 1.82) is 0 Å². The number of para-hydroxylation sites is 2. The van der Waals surface area contributed by atoms with Crippen LogP contribution in [-0.2, 0) is 0 Å². The van der Waals surface area contributed by atoms with Crippen LogP contribution in [0.2, 0.25) is 0 Å². The smallest absolute Gasteiger partial charge is 0.0518 e. The van der Waals surface area contributed by atoms with Crippen molar-refractivity contribution in [2.75, 3.05) is 9.80 Å². The first-order chi connectivity index (χ1) is 32.3. The van der Waals surface area contributed by atoms with Crippen LogP contribution >= 0.6 is 0 Å². The van der Waals surface area contributed by atoms with Crippen molar-refractivity contribution < 1.29 is 0 Å². The molecule has 0 radical (unpaired) electrons. The standard InChI is InChI=1S/C64H56N2/c1-41-25-33-57-55-39-47(29-35-59(55)65(63(41,57)3)49-21-13-7-14-22-49)45-27-31-51-53(37-45)61(43-17-9-5-10-18-43)52-32-28-46(38-54(52)62(51)44-19-11-6-12-20-44)48-30-36-60-56(40-48)58-34-26-42(2)64(58,4)66(60)50-23-15-8-16-24-50/h5-24,27-32,35-42,57-58H,25-26,33-34H2,1-4H3. The maximum Gasteiger partial charge on any atom is 0.0518 e. The summed E-state index contributed by atoms with van der Waals surface area (Å²) >= 11 is 0. The summed E-state index contributed by atoms with van der Waals surface area (Å²) in [6.07, 6.45) is 4.94. The molecule has 13 rings (SSSR count). The van der Waals surface area contributed by atoms with Crippen LogP contribution in [-0.4, -0.2) is 11.1 Å². The Balaban J connectivity index is 0.996. The predicted molar refractivity (Wildman–Crippen MR) is 279 cm³/mol. The molecule has 0 N–H and O–H groups in total. The van der Waals surface area contributed by atoms with E-state index < -0.39 is 0 Å². The van der Waals surface area contributed by atoms with Crippen molar-refractivity contribution in [3.63, 3.8) is 0 Å². The van der Waals surface area contributed by atoms with Gasteiger partial charge in [0.15, 0.2) is 0 Å². The molecule has 322 valence electrons. The maximum absolute atomic E-state index is 2.67. The maximum atomic E-state index is 2.67. The fourth-order valence-corrected chi connectivity index (χ4v) is 13.7. The Morgan fingerprint density at radius 1 is 0.348 bits per heavy atom. The summed E-state index contributed by atoms with van der Waals surface area (Å²) in [7, 11) is 0. The van der Waals surface area contributed by atoms with Crippen molar-refractivity contribution in [3.8, 4) is 44.5 Å². The lowest BCUT2D eigenvalue weighted by Crippen LogP contribution is -2.45. The first-order valence-corrected chi connectivity index (χ1v) is 24.5. The van der Waals surface area contributed by atoms with Crippen LogP contribution in [0.15, 0.2) is 194 Å². The number of hydrogen-bond acceptors (Lipinski definition) is 2. The van der Waals surface area contributed by atoms with Crippen LogP contribution in [0.5, 0.6) is 0 Å². The van der Waals surface area contributed by atoms with Gasteiger partial charge in [0, 0.05) is 34.6 Å². The van der Waals surface area contributed by atoms with E-state index in [1.165, 1.54) is 126 Å². The van der Waals surface area contributed by atoms with Crippen LogP contribution in [0, 0.1) is 11.8 Å². The van der Waals surface area contributed by atoms with E-state index in [1.807, 2.05) is 0 Å². The second-order valence-electron chi connectivity index (χ2n) is 20.4. The van der Waals surface area contributed by atoms with E-state index >= 15 is 0 Å². The highest BCUT2D eigenvalue weighted by atomic mass is 15.3. The van der Waals surface area contributed by atoms with Crippen molar-refractivity contribution >= 4 is 44.3 Å². The summed E-state index contributed by atoms with van der Waals surface area (Å²) in [4.78, 5) is 5.34. The van der Waals surface area contributed by atoms with Gasteiger partial charge in [-0.3, -0.25) is 0 Å². The highest BCUT2D eigenvalue weighted by molar-refractivity contribution is 6.22. The van der Waals surface area contributed by atoms with Crippen molar-refractivity contribution in [2.45, 2.75) is 76.3 Å². The zero-order valence-corrected chi connectivity index (χ0v) is 38.5. The number of fused-ring (bicyclic) bond motifs is 8. The van der Waals surface area contributed by atoms with Crippen molar-refractivity contribution in [3.05, 3.63) is 205 Å². The van der Waals surface area contributed by atoms with Gasteiger partial charge in [0.1, 0.15) is 0 Å². The number of benzene rings is 9. The third-order valence-corrected chi connectivity index (χ3v) is 17.4. The molecule has 0 saturated heterocycles. The first kappa shape index (κ1) is 39.5. The molecule has 6 atom stereocenters.